The Balaban J connectivity index is 1.79. The van der Waals surface area contributed by atoms with Gasteiger partial charge in [-0.2, -0.15) is 0 Å². The van der Waals surface area contributed by atoms with Crippen molar-refractivity contribution in [3.63, 3.8) is 0 Å². The first-order valence-corrected chi connectivity index (χ1v) is 6.63. The topological polar surface area (TPSA) is 41.1 Å². The molecule has 5 heteroatoms. The number of halogens is 2. The van der Waals surface area contributed by atoms with Gasteiger partial charge >= 0.3 is 6.03 Å². The molecule has 0 unspecified atom stereocenters. The summed E-state index contributed by atoms with van der Waals surface area (Å²) >= 11 is 0. The number of hydrogen-bond acceptors (Lipinski definition) is 1. The highest BCUT2D eigenvalue weighted by atomic mass is 19.1. The van der Waals surface area contributed by atoms with Crippen LogP contribution < -0.4 is 10.6 Å². The van der Waals surface area contributed by atoms with Gasteiger partial charge in [-0.05, 0) is 30.5 Å². The maximum absolute atomic E-state index is 13.0. The van der Waals surface area contributed by atoms with Crippen LogP contribution in [0.5, 0.6) is 0 Å². The van der Waals surface area contributed by atoms with Gasteiger partial charge in [-0.25, -0.2) is 13.6 Å². The predicted octanol–water partition coefficient (Wildman–Crippen LogP) is 3.10. The molecule has 104 valence electrons. The number of rotatable bonds is 3. The van der Waals surface area contributed by atoms with Crippen molar-refractivity contribution in [3.05, 3.63) is 35.4 Å². The van der Waals surface area contributed by atoms with Gasteiger partial charge in [-0.3, -0.25) is 0 Å². The average molecular weight is 268 g/mol. The highest BCUT2D eigenvalue weighted by Crippen LogP contribution is 2.17. The molecule has 2 amide bonds. The van der Waals surface area contributed by atoms with Crippen LogP contribution in [0.2, 0.25) is 0 Å². The summed E-state index contributed by atoms with van der Waals surface area (Å²) in [7, 11) is 0. The maximum atomic E-state index is 13.0. The van der Waals surface area contributed by atoms with Crippen molar-refractivity contribution < 1.29 is 13.6 Å². The zero-order valence-electron chi connectivity index (χ0n) is 10.7. The quantitative estimate of drug-likeness (QED) is 0.869. The van der Waals surface area contributed by atoms with Crippen molar-refractivity contribution in [2.45, 2.75) is 44.7 Å². The lowest BCUT2D eigenvalue weighted by Crippen LogP contribution is -2.42. The molecule has 1 aromatic carbocycles. The fraction of sp³-hybridized carbons (Fsp3) is 0.500. The smallest absolute Gasteiger partial charge is 0.315 e. The molecular weight excluding hydrogens is 250 g/mol. The summed E-state index contributed by atoms with van der Waals surface area (Å²) in [4.78, 5) is 11.6. The molecule has 0 atom stereocenters. The minimum absolute atomic E-state index is 0.118. The molecule has 0 aromatic heterocycles. The van der Waals surface area contributed by atoms with Gasteiger partial charge < -0.3 is 10.6 Å². The molecule has 1 aliphatic carbocycles. The summed E-state index contributed by atoms with van der Waals surface area (Å²) in [5.74, 6) is -1.27. The molecule has 3 nitrogen and oxygen atoms in total. The molecule has 2 N–H and O–H groups in total. The lowest BCUT2D eigenvalue weighted by molar-refractivity contribution is 0.232. The van der Waals surface area contributed by atoms with E-state index in [0.717, 1.165) is 31.7 Å². The Morgan fingerprint density at radius 1 is 1.11 bits per heavy atom. The summed E-state index contributed by atoms with van der Waals surface area (Å²) in [5, 5.41) is 5.50. The lowest BCUT2D eigenvalue weighted by Gasteiger charge is -2.22. The summed E-state index contributed by atoms with van der Waals surface area (Å²) in [5.41, 5.74) is 0.413. The fourth-order valence-corrected chi connectivity index (χ4v) is 2.38. The van der Waals surface area contributed by atoms with Crippen molar-refractivity contribution in [2.75, 3.05) is 0 Å². The third kappa shape index (κ3) is 4.50. The van der Waals surface area contributed by atoms with Crippen LogP contribution in [0.3, 0.4) is 0 Å². The zero-order valence-corrected chi connectivity index (χ0v) is 10.7. The highest BCUT2D eigenvalue weighted by molar-refractivity contribution is 5.74. The van der Waals surface area contributed by atoms with Crippen molar-refractivity contribution >= 4 is 6.03 Å². The molecular formula is C14H18F2N2O. The number of hydrogen-bond donors (Lipinski definition) is 2. The van der Waals surface area contributed by atoms with Crippen molar-refractivity contribution in [3.8, 4) is 0 Å². The van der Waals surface area contributed by atoms with Crippen LogP contribution >= 0.6 is 0 Å². The Kier molecular flexibility index (Phi) is 4.71. The fourth-order valence-electron chi connectivity index (χ4n) is 2.38. The van der Waals surface area contributed by atoms with Crippen molar-refractivity contribution in [2.24, 2.45) is 0 Å². The molecule has 1 fully saturated rings. The number of carbonyl (C=O) groups is 1. The van der Waals surface area contributed by atoms with Crippen LogP contribution in [-0.2, 0) is 6.54 Å². The molecule has 1 aromatic rings. The Morgan fingerprint density at radius 2 is 1.74 bits per heavy atom. The molecule has 0 spiro atoms. The molecule has 0 aliphatic heterocycles. The number of carbonyl (C=O) groups excluding carboxylic acids is 1. The molecule has 0 radical (unpaired) electrons. The molecule has 1 aliphatic rings. The maximum Gasteiger partial charge on any atom is 0.315 e. The largest absolute Gasteiger partial charge is 0.335 e. The first-order valence-electron chi connectivity index (χ1n) is 6.63. The normalized spacial score (nSPS) is 16.1. The van der Waals surface area contributed by atoms with Crippen molar-refractivity contribution in [1.29, 1.82) is 0 Å². The Labute approximate surface area is 111 Å². The number of amides is 2. The van der Waals surface area contributed by atoms with E-state index in [-0.39, 0.29) is 18.6 Å². The molecule has 0 bridgehead atoms. The van der Waals surface area contributed by atoms with Gasteiger partial charge in [-0.1, -0.05) is 19.3 Å². The van der Waals surface area contributed by atoms with Gasteiger partial charge in [0.25, 0.3) is 0 Å². The van der Waals surface area contributed by atoms with Gasteiger partial charge in [0.15, 0.2) is 0 Å². The second kappa shape index (κ2) is 6.50. The van der Waals surface area contributed by atoms with Gasteiger partial charge in [0, 0.05) is 18.7 Å². The Hall–Kier alpha value is -1.65. The number of benzene rings is 1. The van der Waals surface area contributed by atoms with E-state index in [1.807, 2.05) is 0 Å². The van der Waals surface area contributed by atoms with Gasteiger partial charge in [-0.15, -0.1) is 0 Å². The Bertz CT molecular complexity index is 425. The van der Waals surface area contributed by atoms with Crippen LogP contribution in [-0.4, -0.2) is 12.1 Å². The van der Waals surface area contributed by atoms with Crippen molar-refractivity contribution in [1.82, 2.24) is 10.6 Å². The van der Waals surface area contributed by atoms with E-state index in [1.54, 1.807) is 0 Å². The molecule has 0 saturated heterocycles. The van der Waals surface area contributed by atoms with Crippen LogP contribution in [0.4, 0.5) is 13.6 Å². The van der Waals surface area contributed by atoms with Crippen LogP contribution in [0.25, 0.3) is 0 Å². The van der Waals surface area contributed by atoms with E-state index < -0.39 is 11.6 Å². The number of nitrogens with one attached hydrogen (secondary N) is 2. The third-order valence-corrected chi connectivity index (χ3v) is 3.32. The van der Waals surface area contributed by atoms with Gasteiger partial charge in [0.1, 0.15) is 11.6 Å². The lowest BCUT2D eigenvalue weighted by atomic mass is 9.96. The molecule has 2 rings (SSSR count). The van der Waals surface area contributed by atoms with Crippen LogP contribution in [0.15, 0.2) is 18.2 Å². The third-order valence-electron chi connectivity index (χ3n) is 3.32. The Morgan fingerprint density at radius 3 is 2.37 bits per heavy atom. The predicted molar refractivity (Wildman–Crippen MR) is 68.6 cm³/mol. The average Bonchev–Trinajstić information content (AvgIpc) is 2.36. The van der Waals surface area contributed by atoms with Crippen LogP contribution in [0.1, 0.15) is 37.7 Å². The van der Waals surface area contributed by atoms with E-state index >= 15 is 0 Å². The first-order chi connectivity index (χ1) is 9.13. The van der Waals surface area contributed by atoms with Gasteiger partial charge in [0.05, 0.1) is 0 Å². The minimum Gasteiger partial charge on any atom is -0.335 e. The monoisotopic (exact) mass is 268 g/mol. The summed E-state index contributed by atoms with van der Waals surface area (Å²) in [6.07, 6.45) is 5.51. The van der Waals surface area contributed by atoms with Gasteiger partial charge in [0.2, 0.25) is 0 Å². The van der Waals surface area contributed by atoms with E-state index in [2.05, 4.69) is 10.6 Å². The SMILES string of the molecule is O=C(NCc1cc(F)cc(F)c1)NC1CCCCC1. The summed E-state index contributed by atoms with van der Waals surface area (Å²) in [6.45, 7) is 0.118. The second-order valence-corrected chi connectivity index (χ2v) is 4.94. The zero-order chi connectivity index (χ0) is 13.7. The van der Waals surface area contributed by atoms with E-state index in [0.29, 0.717) is 5.56 Å². The standard InChI is InChI=1S/C14H18F2N2O/c15-11-6-10(7-12(16)8-11)9-17-14(19)18-13-4-2-1-3-5-13/h6-8,13H,1-5,9H2,(H2,17,18,19). The molecule has 0 heterocycles. The highest BCUT2D eigenvalue weighted by Gasteiger charge is 2.15. The van der Waals surface area contributed by atoms with E-state index in [1.165, 1.54) is 18.6 Å². The van der Waals surface area contributed by atoms with E-state index in [4.69, 9.17) is 0 Å². The van der Waals surface area contributed by atoms with E-state index in [9.17, 15) is 13.6 Å². The molecule has 19 heavy (non-hydrogen) atoms. The van der Waals surface area contributed by atoms with Crippen LogP contribution in [0, 0.1) is 11.6 Å². The molecule has 1 saturated carbocycles. The number of urea groups is 1. The summed E-state index contributed by atoms with van der Waals surface area (Å²) in [6, 6.07) is 3.18. The first kappa shape index (κ1) is 13.8. The second-order valence-electron chi connectivity index (χ2n) is 4.94. The summed E-state index contributed by atoms with van der Waals surface area (Å²) < 4.78 is 25.9. The minimum atomic E-state index is -0.635.